The van der Waals surface area contributed by atoms with E-state index >= 15 is 0 Å². The van der Waals surface area contributed by atoms with E-state index in [0.717, 1.165) is 12.8 Å². The van der Waals surface area contributed by atoms with Crippen molar-refractivity contribution < 1.29 is 19.1 Å². The van der Waals surface area contributed by atoms with Crippen molar-refractivity contribution in [1.82, 2.24) is 0 Å². The molecule has 14 heavy (non-hydrogen) atoms. The number of hydrogen-bond acceptors (Lipinski definition) is 4. The summed E-state index contributed by atoms with van der Waals surface area (Å²) >= 11 is 0. The molecule has 0 amide bonds. The molecule has 4 nitrogen and oxygen atoms in total. The number of carbonyl (C=O) groups excluding carboxylic acids is 2. The predicted octanol–water partition coefficient (Wildman–Crippen LogP) is 1.28. The van der Waals surface area contributed by atoms with Gasteiger partial charge in [0.2, 0.25) is 0 Å². The average molecular weight is 200 g/mol. The summed E-state index contributed by atoms with van der Waals surface area (Å²) in [7, 11) is 0. The van der Waals surface area contributed by atoms with E-state index < -0.39 is 5.92 Å². The Kier molecular flexibility index (Phi) is 3.92. The molecule has 0 aromatic rings. The standard InChI is InChI=1S/C10H16O4/c1-7-6-9(11)13-5-3-4-8(2)14-10(7)12/h7-8H,3-6H2,1-2H3. The quantitative estimate of drug-likeness (QED) is 0.553. The lowest BCUT2D eigenvalue weighted by molar-refractivity contribution is -0.160. The molecular weight excluding hydrogens is 184 g/mol. The third-order valence-corrected chi connectivity index (χ3v) is 2.21. The minimum atomic E-state index is -0.400. The molecule has 2 unspecified atom stereocenters. The molecule has 0 radical (unpaired) electrons. The molecule has 0 N–H and O–H groups in total. The minimum Gasteiger partial charge on any atom is -0.466 e. The monoisotopic (exact) mass is 200 g/mol. The number of esters is 2. The summed E-state index contributed by atoms with van der Waals surface area (Å²) in [6, 6.07) is 0. The summed E-state index contributed by atoms with van der Waals surface area (Å²) in [6.45, 7) is 3.96. The SMILES string of the molecule is CC1CCCOC(=O)CC(C)C(=O)O1. The van der Waals surface area contributed by atoms with Gasteiger partial charge in [-0.2, -0.15) is 0 Å². The smallest absolute Gasteiger partial charge is 0.309 e. The van der Waals surface area contributed by atoms with E-state index in [1.807, 2.05) is 6.92 Å². The van der Waals surface area contributed by atoms with Crippen molar-refractivity contribution in [3.05, 3.63) is 0 Å². The van der Waals surface area contributed by atoms with E-state index in [-0.39, 0.29) is 24.5 Å². The summed E-state index contributed by atoms with van der Waals surface area (Å²) in [5.74, 6) is -1.02. The number of ether oxygens (including phenoxy) is 2. The van der Waals surface area contributed by atoms with Gasteiger partial charge in [-0.15, -0.1) is 0 Å². The van der Waals surface area contributed by atoms with Crippen LogP contribution >= 0.6 is 0 Å². The highest BCUT2D eigenvalue weighted by Gasteiger charge is 2.22. The third kappa shape index (κ3) is 3.36. The zero-order valence-corrected chi connectivity index (χ0v) is 8.62. The van der Waals surface area contributed by atoms with Crippen molar-refractivity contribution in [2.75, 3.05) is 6.61 Å². The Morgan fingerprint density at radius 2 is 2.00 bits per heavy atom. The lowest BCUT2D eigenvalue weighted by Gasteiger charge is -2.18. The Morgan fingerprint density at radius 1 is 1.29 bits per heavy atom. The van der Waals surface area contributed by atoms with Crippen molar-refractivity contribution in [1.29, 1.82) is 0 Å². The number of hydrogen-bond donors (Lipinski definition) is 0. The van der Waals surface area contributed by atoms with Gasteiger partial charge in [0.1, 0.15) is 0 Å². The molecule has 2 atom stereocenters. The number of cyclic esters (lactones) is 2. The van der Waals surface area contributed by atoms with Gasteiger partial charge < -0.3 is 9.47 Å². The van der Waals surface area contributed by atoms with Crippen molar-refractivity contribution >= 4 is 11.9 Å². The van der Waals surface area contributed by atoms with Gasteiger partial charge in [0.05, 0.1) is 25.0 Å². The molecule has 1 aliphatic rings. The van der Waals surface area contributed by atoms with Crippen LogP contribution in [-0.2, 0) is 19.1 Å². The first-order chi connectivity index (χ1) is 6.59. The van der Waals surface area contributed by atoms with Crippen LogP contribution in [0.15, 0.2) is 0 Å². The molecule has 1 fully saturated rings. The van der Waals surface area contributed by atoms with E-state index in [9.17, 15) is 9.59 Å². The summed E-state index contributed by atoms with van der Waals surface area (Å²) < 4.78 is 10.1. The van der Waals surface area contributed by atoms with E-state index in [0.29, 0.717) is 6.61 Å². The van der Waals surface area contributed by atoms with Gasteiger partial charge in [-0.3, -0.25) is 9.59 Å². The molecule has 0 spiro atoms. The summed E-state index contributed by atoms with van der Waals surface area (Å²) in [5, 5.41) is 0. The van der Waals surface area contributed by atoms with Crippen LogP contribution < -0.4 is 0 Å². The van der Waals surface area contributed by atoms with Crippen LogP contribution in [0.25, 0.3) is 0 Å². The highest BCUT2D eigenvalue weighted by Crippen LogP contribution is 2.12. The lowest BCUT2D eigenvalue weighted by atomic mass is 10.1. The highest BCUT2D eigenvalue weighted by molar-refractivity contribution is 5.79. The summed E-state index contributed by atoms with van der Waals surface area (Å²) in [4.78, 5) is 22.5. The fraction of sp³-hybridized carbons (Fsp3) is 0.800. The van der Waals surface area contributed by atoms with E-state index in [2.05, 4.69) is 0 Å². The molecule has 80 valence electrons. The third-order valence-electron chi connectivity index (χ3n) is 2.21. The molecule has 0 aliphatic carbocycles. The highest BCUT2D eigenvalue weighted by atomic mass is 16.5. The normalized spacial score (nSPS) is 30.4. The molecule has 0 bridgehead atoms. The molecule has 1 aliphatic heterocycles. The van der Waals surface area contributed by atoms with Gasteiger partial charge in [0.15, 0.2) is 0 Å². The van der Waals surface area contributed by atoms with Gasteiger partial charge in [0, 0.05) is 0 Å². The average Bonchev–Trinajstić information content (AvgIpc) is 2.11. The summed E-state index contributed by atoms with van der Waals surface area (Å²) in [5.41, 5.74) is 0. The Bertz CT molecular complexity index is 224. The van der Waals surface area contributed by atoms with Crippen LogP contribution in [0.3, 0.4) is 0 Å². The maximum atomic E-state index is 11.4. The molecule has 4 heteroatoms. The second kappa shape index (κ2) is 4.98. The van der Waals surface area contributed by atoms with E-state index in [1.165, 1.54) is 0 Å². The molecule has 1 heterocycles. The molecular formula is C10H16O4. The maximum Gasteiger partial charge on any atom is 0.309 e. The van der Waals surface area contributed by atoms with Crippen LogP contribution in [0.1, 0.15) is 33.1 Å². The van der Waals surface area contributed by atoms with Gasteiger partial charge >= 0.3 is 11.9 Å². The maximum absolute atomic E-state index is 11.4. The molecule has 1 rings (SSSR count). The Morgan fingerprint density at radius 3 is 2.71 bits per heavy atom. The van der Waals surface area contributed by atoms with Crippen molar-refractivity contribution in [2.24, 2.45) is 5.92 Å². The van der Waals surface area contributed by atoms with Crippen LogP contribution in [0.4, 0.5) is 0 Å². The number of rotatable bonds is 0. The number of carbonyl (C=O) groups is 2. The zero-order chi connectivity index (χ0) is 10.6. The van der Waals surface area contributed by atoms with Crippen molar-refractivity contribution in [3.63, 3.8) is 0 Å². The topological polar surface area (TPSA) is 52.6 Å². The fourth-order valence-electron chi connectivity index (χ4n) is 1.32. The van der Waals surface area contributed by atoms with Crippen molar-refractivity contribution in [3.8, 4) is 0 Å². The first-order valence-corrected chi connectivity index (χ1v) is 4.95. The first kappa shape index (κ1) is 11.0. The molecule has 0 saturated carbocycles. The molecule has 0 aromatic carbocycles. The van der Waals surface area contributed by atoms with Crippen LogP contribution in [0, 0.1) is 5.92 Å². The molecule has 0 aromatic heterocycles. The van der Waals surface area contributed by atoms with Gasteiger partial charge in [0.25, 0.3) is 0 Å². The van der Waals surface area contributed by atoms with Gasteiger partial charge in [-0.25, -0.2) is 0 Å². The van der Waals surface area contributed by atoms with E-state index in [1.54, 1.807) is 6.92 Å². The summed E-state index contributed by atoms with van der Waals surface area (Å²) in [6.07, 6.45) is 1.52. The van der Waals surface area contributed by atoms with Crippen LogP contribution in [-0.4, -0.2) is 24.6 Å². The minimum absolute atomic E-state index is 0.0817. The van der Waals surface area contributed by atoms with Gasteiger partial charge in [-0.1, -0.05) is 6.92 Å². The largest absolute Gasteiger partial charge is 0.466 e. The van der Waals surface area contributed by atoms with E-state index in [4.69, 9.17) is 9.47 Å². The predicted molar refractivity (Wildman–Crippen MR) is 49.5 cm³/mol. The van der Waals surface area contributed by atoms with Crippen LogP contribution in [0.5, 0.6) is 0 Å². The first-order valence-electron chi connectivity index (χ1n) is 4.95. The second-order valence-electron chi connectivity index (χ2n) is 3.72. The Hall–Kier alpha value is -1.06. The van der Waals surface area contributed by atoms with Crippen LogP contribution in [0.2, 0.25) is 0 Å². The fourth-order valence-corrected chi connectivity index (χ4v) is 1.32. The second-order valence-corrected chi connectivity index (χ2v) is 3.72. The van der Waals surface area contributed by atoms with Gasteiger partial charge in [-0.05, 0) is 19.8 Å². The Balaban J connectivity index is 2.55. The zero-order valence-electron chi connectivity index (χ0n) is 8.62. The Labute approximate surface area is 83.6 Å². The van der Waals surface area contributed by atoms with Crippen molar-refractivity contribution in [2.45, 2.75) is 39.2 Å². The molecule has 1 saturated heterocycles. The lowest BCUT2D eigenvalue weighted by Crippen LogP contribution is -2.25.